The van der Waals surface area contributed by atoms with Gasteiger partial charge in [0.2, 0.25) is 0 Å². The predicted octanol–water partition coefficient (Wildman–Crippen LogP) is 6.34. The number of aromatic nitrogens is 2. The average Bonchev–Trinajstić information content (AvgIpc) is 3.30. The molecule has 0 fully saturated rings. The zero-order chi connectivity index (χ0) is 26.1. The molecular weight excluding hydrogens is 502 g/mol. The molecule has 0 saturated carbocycles. The molecule has 3 aromatic carbocycles. The van der Waals surface area contributed by atoms with E-state index >= 15 is 4.39 Å². The summed E-state index contributed by atoms with van der Waals surface area (Å²) in [5, 5.41) is 2.96. The van der Waals surface area contributed by atoms with Gasteiger partial charge in [0, 0.05) is 22.9 Å². The monoisotopic (exact) mass is 525 g/mol. The zero-order valence-electron chi connectivity index (χ0n) is 20.0. The molecule has 6 nitrogen and oxygen atoms in total. The fraction of sp³-hybridized carbons (Fsp3) is 0.259. The summed E-state index contributed by atoms with van der Waals surface area (Å²) >= 11 is 0. The van der Waals surface area contributed by atoms with E-state index in [0.29, 0.717) is 51.7 Å². The summed E-state index contributed by atoms with van der Waals surface area (Å²) in [5.74, 6) is -0.232. The van der Waals surface area contributed by atoms with E-state index in [1.165, 1.54) is 18.2 Å². The van der Waals surface area contributed by atoms with Crippen molar-refractivity contribution in [2.75, 3.05) is 13.3 Å². The lowest BCUT2D eigenvalue weighted by atomic mass is 9.97. The fourth-order valence-electron chi connectivity index (χ4n) is 5.51. The van der Waals surface area contributed by atoms with E-state index in [1.54, 1.807) is 43.7 Å². The predicted molar refractivity (Wildman–Crippen MR) is 134 cm³/mol. The Labute approximate surface area is 210 Å². The van der Waals surface area contributed by atoms with Crippen molar-refractivity contribution in [3.05, 3.63) is 82.9 Å². The molecule has 0 saturated heterocycles. The van der Waals surface area contributed by atoms with Crippen LogP contribution >= 0.6 is 7.14 Å². The van der Waals surface area contributed by atoms with Crippen LogP contribution in [0.3, 0.4) is 0 Å². The highest BCUT2D eigenvalue weighted by Crippen LogP contribution is 2.48. The third-order valence-electron chi connectivity index (χ3n) is 6.87. The minimum absolute atomic E-state index is 0.0510. The minimum Gasteiger partial charge on any atom is -0.434 e. The lowest BCUT2D eigenvalue weighted by Crippen LogP contribution is -2.28. The Balaban J connectivity index is 1.48. The molecule has 3 heterocycles. The molecule has 1 aromatic heterocycles. The van der Waals surface area contributed by atoms with Crippen molar-refractivity contribution in [2.24, 2.45) is 0 Å². The molecular formula is C27H23F3N3O3P. The van der Waals surface area contributed by atoms with E-state index in [0.717, 1.165) is 0 Å². The van der Waals surface area contributed by atoms with E-state index < -0.39 is 31.7 Å². The second-order valence-electron chi connectivity index (χ2n) is 9.96. The van der Waals surface area contributed by atoms with Crippen molar-refractivity contribution in [1.29, 1.82) is 0 Å². The first-order valence-electron chi connectivity index (χ1n) is 11.8. The molecule has 37 heavy (non-hydrogen) atoms. The number of carbonyl (C=O) groups is 1. The maximum atomic E-state index is 15.1. The van der Waals surface area contributed by atoms with Gasteiger partial charge in [-0.05, 0) is 61.2 Å². The van der Waals surface area contributed by atoms with Crippen molar-refractivity contribution in [1.82, 2.24) is 14.9 Å². The molecule has 0 radical (unpaired) electrons. The maximum absolute atomic E-state index is 15.1. The third-order valence-corrected chi connectivity index (χ3v) is 8.00. The molecule has 2 atom stereocenters. The number of imidazole rings is 1. The topological polar surface area (TPSA) is 73.2 Å². The first kappa shape index (κ1) is 23.8. The molecule has 0 aliphatic carbocycles. The van der Waals surface area contributed by atoms with Crippen LogP contribution in [0.25, 0.3) is 22.2 Å². The van der Waals surface area contributed by atoms with Gasteiger partial charge >= 0.3 is 6.61 Å². The number of hydrogen-bond acceptors (Lipinski definition) is 4. The second kappa shape index (κ2) is 8.48. The van der Waals surface area contributed by atoms with Gasteiger partial charge in [-0.25, -0.2) is 9.37 Å². The summed E-state index contributed by atoms with van der Waals surface area (Å²) in [7, 11) is -2.35. The summed E-state index contributed by atoms with van der Waals surface area (Å²) in [6, 6.07) is 13.9. The van der Waals surface area contributed by atoms with Crippen molar-refractivity contribution in [3.63, 3.8) is 0 Å². The molecule has 1 N–H and O–H groups in total. The van der Waals surface area contributed by atoms with E-state index in [4.69, 9.17) is 9.72 Å². The smallest absolute Gasteiger partial charge is 0.387 e. The minimum atomic E-state index is -3.04. The number of benzene rings is 3. The number of rotatable bonds is 5. The van der Waals surface area contributed by atoms with Crippen molar-refractivity contribution >= 4 is 24.1 Å². The normalized spacial score (nSPS) is 18.5. The molecule has 2 aliphatic rings. The molecule has 0 spiro atoms. The highest BCUT2D eigenvalue weighted by molar-refractivity contribution is 7.61. The molecule has 6 rings (SSSR count). The SMILES string of the molecule is CP(C)(=O)Cc1ccc(-c2ccc3nc4n(c3c2)[C@@H]2C[C@H]4NC(=O)c3cccc(OC(F)F)c32)c(F)c1. The highest BCUT2D eigenvalue weighted by Gasteiger charge is 2.42. The van der Waals surface area contributed by atoms with Gasteiger partial charge in [0.1, 0.15) is 17.4 Å². The maximum Gasteiger partial charge on any atom is 0.387 e. The van der Waals surface area contributed by atoms with Crippen LogP contribution < -0.4 is 10.1 Å². The van der Waals surface area contributed by atoms with Gasteiger partial charge in [-0.2, -0.15) is 8.78 Å². The van der Waals surface area contributed by atoms with Crippen LogP contribution in [0.15, 0.2) is 54.6 Å². The first-order valence-corrected chi connectivity index (χ1v) is 14.6. The summed E-state index contributed by atoms with van der Waals surface area (Å²) in [5.41, 5.74) is 3.68. The summed E-state index contributed by atoms with van der Waals surface area (Å²) in [4.78, 5) is 17.6. The van der Waals surface area contributed by atoms with Gasteiger partial charge in [0.15, 0.2) is 0 Å². The number of halogens is 3. The second-order valence-corrected chi connectivity index (χ2v) is 13.4. The van der Waals surface area contributed by atoms with Crippen LogP contribution in [-0.2, 0) is 10.7 Å². The fourth-order valence-corrected chi connectivity index (χ4v) is 6.58. The van der Waals surface area contributed by atoms with Crippen molar-refractivity contribution in [2.45, 2.75) is 31.3 Å². The summed E-state index contributed by atoms with van der Waals surface area (Å²) < 4.78 is 60.5. The van der Waals surface area contributed by atoms with Gasteiger partial charge in [-0.15, -0.1) is 0 Å². The Bertz CT molecular complexity index is 1630. The van der Waals surface area contributed by atoms with E-state index in [9.17, 15) is 18.1 Å². The number of nitrogens with one attached hydrogen (secondary N) is 1. The van der Waals surface area contributed by atoms with Crippen LogP contribution in [-0.4, -0.2) is 35.4 Å². The number of nitrogens with zero attached hydrogens (tertiary/aromatic N) is 2. The molecule has 1 amide bonds. The zero-order valence-corrected chi connectivity index (χ0v) is 20.9. The standard InChI is InChI=1S/C27H23F3N3O3P/c1-37(2,35)13-14-6-8-16(18(28)10-14)15-7-9-19-21(11-15)33-22-12-20(25(33)31-19)32-26(34)17-4-3-5-23(24(17)22)36-27(29)30/h3-11,20,22,27H,12-13H2,1-2H3,(H,32,34)/t20-,22-/m1/s1. The molecule has 2 bridgehead atoms. The van der Waals surface area contributed by atoms with Crippen molar-refractivity contribution < 1.29 is 27.3 Å². The van der Waals surface area contributed by atoms with Gasteiger partial charge in [0.25, 0.3) is 5.91 Å². The lowest BCUT2D eigenvalue weighted by Gasteiger charge is -2.21. The Hall–Kier alpha value is -3.58. The van der Waals surface area contributed by atoms with Gasteiger partial charge in [-0.3, -0.25) is 4.79 Å². The van der Waals surface area contributed by atoms with E-state index in [1.807, 2.05) is 10.6 Å². The quantitative estimate of drug-likeness (QED) is 0.309. The molecule has 2 aliphatic heterocycles. The van der Waals surface area contributed by atoms with Crippen LogP contribution in [0.4, 0.5) is 13.2 Å². The number of amides is 1. The van der Waals surface area contributed by atoms with Gasteiger partial charge in [0.05, 0.1) is 30.3 Å². The number of hydrogen-bond donors (Lipinski definition) is 1. The number of carbonyl (C=O) groups excluding carboxylic acids is 1. The molecule has 4 aromatic rings. The number of fused-ring (bicyclic) bond motifs is 9. The summed E-state index contributed by atoms with van der Waals surface area (Å²) in [6.45, 7) is 0.300. The lowest BCUT2D eigenvalue weighted by molar-refractivity contribution is -0.0507. The van der Waals surface area contributed by atoms with E-state index in [2.05, 4.69) is 5.32 Å². The molecule has 10 heteroatoms. The van der Waals surface area contributed by atoms with Gasteiger partial charge < -0.3 is 19.2 Å². The molecule has 0 unspecified atom stereocenters. The number of alkyl halides is 2. The van der Waals surface area contributed by atoms with Crippen LogP contribution in [0.5, 0.6) is 5.75 Å². The number of ether oxygens (including phenoxy) is 1. The molecule has 190 valence electrons. The Morgan fingerprint density at radius 2 is 1.95 bits per heavy atom. The first-order chi connectivity index (χ1) is 17.6. The van der Waals surface area contributed by atoms with Crippen LogP contribution in [0.2, 0.25) is 0 Å². The highest BCUT2D eigenvalue weighted by atomic mass is 31.2. The van der Waals surface area contributed by atoms with E-state index in [-0.39, 0.29) is 17.2 Å². The van der Waals surface area contributed by atoms with Gasteiger partial charge in [-0.1, -0.05) is 24.3 Å². The largest absolute Gasteiger partial charge is 0.434 e. The third kappa shape index (κ3) is 4.11. The van der Waals surface area contributed by atoms with Crippen LogP contribution in [0.1, 0.15) is 45.8 Å². The van der Waals surface area contributed by atoms with Crippen LogP contribution in [0, 0.1) is 5.82 Å². The average molecular weight is 525 g/mol. The summed E-state index contributed by atoms with van der Waals surface area (Å²) in [6.07, 6.45) is 0.749. The Morgan fingerprint density at radius 3 is 2.68 bits per heavy atom. The Morgan fingerprint density at radius 1 is 1.14 bits per heavy atom. The van der Waals surface area contributed by atoms with Crippen molar-refractivity contribution in [3.8, 4) is 16.9 Å². The Kier molecular flexibility index (Phi) is 5.46.